The molecule has 1 rings (SSSR count). The number of benzene rings is 1. The van der Waals surface area contributed by atoms with Gasteiger partial charge < -0.3 is 0 Å². The van der Waals surface area contributed by atoms with E-state index in [4.69, 9.17) is 0 Å². The molecule has 0 N–H and O–H groups in total. The van der Waals surface area contributed by atoms with Crippen LogP contribution in [0.2, 0.25) is 0 Å². The third-order valence-electron chi connectivity index (χ3n) is 4.81. The summed E-state index contributed by atoms with van der Waals surface area (Å²) >= 11 is 0. The van der Waals surface area contributed by atoms with Crippen molar-refractivity contribution < 1.29 is 0 Å². The van der Waals surface area contributed by atoms with Crippen molar-refractivity contribution in [3.05, 3.63) is 35.4 Å². The summed E-state index contributed by atoms with van der Waals surface area (Å²) in [5.41, 5.74) is 3.01. The summed E-state index contributed by atoms with van der Waals surface area (Å²) in [6.07, 6.45) is 20.0. The first-order chi connectivity index (χ1) is 10.8. The van der Waals surface area contributed by atoms with Gasteiger partial charge in [-0.3, -0.25) is 0 Å². The molecular formula is C22H39Na. The van der Waals surface area contributed by atoms with E-state index in [9.17, 15) is 0 Å². The molecule has 0 aliphatic carbocycles. The van der Waals surface area contributed by atoms with Gasteiger partial charge in [-0.25, -0.2) is 0 Å². The third kappa shape index (κ3) is 13.2. The van der Waals surface area contributed by atoms with Gasteiger partial charge in [-0.15, -0.1) is 0 Å². The van der Waals surface area contributed by atoms with Gasteiger partial charge in [0.1, 0.15) is 0 Å². The zero-order valence-corrected chi connectivity index (χ0v) is 15.2. The molecule has 0 nitrogen and oxygen atoms in total. The van der Waals surface area contributed by atoms with Gasteiger partial charge in [-0.05, 0) is 30.9 Å². The molecule has 128 valence electrons. The van der Waals surface area contributed by atoms with E-state index < -0.39 is 0 Å². The number of rotatable bonds is 14. The molecule has 1 aromatic rings. The van der Waals surface area contributed by atoms with Crippen LogP contribution in [-0.2, 0) is 6.42 Å². The first-order valence-electron chi connectivity index (χ1n) is 9.89. The second-order valence-corrected chi connectivity index (χ2v) is 6.92. The second kappa shape index (κ2) is 17.1. The van der Waals surface area contributed by atoms with Crippen molar-refractivity contribution in [3.63, 3.8) is 0 Å². The second-order valence-electron chi connectivity index (χ2n) is 6.92. The van der Waals surface area contributed by atoms with Crippen molar-refractivity contribution in [2.75, 3.05) is 0 Å². The van der Waals surface area contributed by atoms with E-state index in [-0.39, 0.29) is 29.6 Å². The Bertz CT molecular complexity index is 359. The summed E-state index contributed by atoms with van der Waals surface area (Å²) in [6, 6.07) is 8.83. The Balaban J connectivity index is 0.00000484. The molecule has 23 heavy (non-hydrogen) atoms. The number of hydrogen-bond donors (Lipinski definition) is 0. The Kier molecular flexibility index (Phi) is 17.2. The number of unbranched alkanes of at least 4 members (excludes halogenated alkanes) is 12. The zero-order valence-electron chi connectivity index (χ0n) is 15.2. The predicted molar refractivity (Wildman–Crippen MR) is 108 cm³/mol. The molecule has 0 radical (unpaired) electrons. The molecule has 0 unspecified atom stereocenters. The monoisotopic (exact) mass is 326 g/mol. The molecular weight excluding hydrogens is 287 g/mol. The Morgan fingerprint density at radius 3 is 1.52 bits per heavy atom. The third-order valence-corrected chi connectivity index (χ3v) is 4.81. The van der Waals surface area contributed by atoms with Crippen LogP contribution >= 0.6 is 0 Å². The standard InChI is InChI=1S/C22H38.Na.H/c1-3-4-5-6-7-8-9-10-11-12-13-14-15-19-22-20-17-16-18-21(22)2;;/h16-18,20H,3-15,19H2,1-2H3;;. The molecule has 0 heterocycles. The molecule has 0 aliphatic rings. The fourth-order valence-corrected chi connectivity index (χ4v) is 3.22. The van der Waals surface area contributed by atoms with Crippen molar-refractivity contribution in [1.29, 1.82) is 0 Å². The summed E-state index contributed by atoms with van der Waals surface area (Å²) in [4.78, 5) is 0. The summed E-state index contributed by atoms with van der Waals surface area (Å²) in [6.45, 7) is 4.53. The molecule has 1 heteroatoms. The SMILES string of the molecule is CCCCCCCCCCCCCCCc1ccccc1C.[NaH]. The molecule has 1 aromatic carbocycles. The average molecular weight is 327 g/mol. The average Bonchev–Trinajstić information content (AvgIpc) is 2.53. The van der Waals surface area contributed by atoms with E-state index in [0.29, 0.717) is 0 Å². The van der Waals surface area contributed by atoms with Crippen molar-refractivity contribution in [3.8, 4) is 0 Å². The van der Waals surface area contributed by atoms with Crippen molar-refractivity contribution in [2.45, 2.75) is 104 Å². The van der Waals surface area contributed by atoms with E-state index in [1.807, 2.05) is 0 Å². The number of aryl methyl sites for hydroxylation is 2. The predicted octanol–water partition coefficient (Wildman–Crippen LogP) is 6.98. The first-order valence-corrected chi connectivity index (χ1v) is 9.89. The number of hydrogen-bond acceptors (Lipinski definition) is 0. The minimum absolute atomic E-state index is 0. The normalized spacial score (nSPS) is 10.5. The van der Waals surface area contributed by atoms with E-state index >= 15 is 0 Å². The molecule has 0 aliphatic heterocycles. The quantitative estimate of drug-likeness (QED) is 0.255. The van der Waals surface area contributed by atoms with Gasteiger partial charge in [0, 0.05) is 0 Å². The van der Waals surface area contributed by atoms with Crippen LogP contribution in [0.1, 0.15) is 102 Å². The molecule has 0 fully saturated rings. The van der Waals surface area contributed by atoms with Crippen LogP contribution in [0.5, 0.6) is 0 Å². The Morgan fingerprint density at radius 1 is 0.609 bits per heavy atom. The summed E-state index contributed by atoms with van der Waals surface area (Å²) in [7, 11) is 0. The Morgan fingerprint density at radius 2 is 1.04 bits per heavy atom. The van der Waals surface area contributed by atoms with Crippen LogP contribution in [0, 0.1) is 6.92 Å². The van der Waals surface area contributed by atoms with Gasteiger partial charge in [0.2, 0.25) is 0 Å². The van der Waals surface area contributed by atoms with E-state index in [0.717, 1.165) is 0 Å². The fourth-order valence-electron chi connectivity index (χ4n) is 3.22. The topological polar surface area (TPSA) is 0 Å². The van der Waals surface area contributed by atoms with Gasteiger partial charge in [0.05, 0.1) is 0 Å². The molecule has 0 saturated heterocycles. The molecule has 0 amide bonds. The summed E-state index contributed by atoms with van der Waals surface area (Å²) in [5, 5.41) is 0. The van der Waals surface area contributed by atoms with Crippen LogP contribution in [0.3, 0.4) is 0 Å². The van der Waals surface area contributed by atoms with Crippen molar-refractivity contribution >= 4 is 29.6 Å². The molecule has 0 aromatic heterocycles. The van der Waals surface area contributed by atoms with Gasteiger partial charge in [0.15, 0.2) is 0 Å². The van der Waals surface area contributed by atoms with Crippen LogP contribution in [-0.4, -0.2) is 29.6 Å². The molecule has 0 saturated carbocycles. The summed E-state index contributed by atoms with van der Waals surface area (Å²) in [5.74, 6) is 0. The Labute approximate surface area is 168 Å². The van der Waals surface area contributed by atoms with E-state index in [2.05, 4.69) is 38.1 Å². The maximum atomic E-state index is 2.29. The molecule has 0 atom stereocenters. The van der Waals surface area contributed by atoms with Crippen LogP contribution in [0.4, 0.5) is 0 Å². The molecule has 0 bridgehead atoms. The minimum atomic E-state index is 0. The van der Waals surface area contributed by atoms with Gasteiger partial charge in [-0.1, -0.05) is 108 Å². The first kappa shape index (κ1) is 23.2. The van der Waals surface area contributed by atoms with E-state index in [1.165, 1.54) is 95.5 Å². The van der Waals surface area contributed by atoms with Gasteiger partial charge >= 0.3 is 29.6 Å². The van der Waals surface area contributed by atoms with Crippen molar-refractivity contribution in [1.82, 2.24) is 0 Å². The van der Waals surface area contributed by atoms with Gasteiger partial charge in [-0.2, -0.15) is 0 Å². The van der Waals surface area contributed by atoms with Crippen LogP contribution < -0.4 is 0 Å². The molecule has 0 spiro atoms. The maximum absolute atomic E-state index is 2.29. The fraction of sp³-hybridized carbons (Fsp3) is 0.727. The Hall–Kier alpha value is 0.220. The summed E-state index contributed by atoms with van der Waals surface area (Å²) < 4.78 is 0. The zero-order chi connectivity index (χ0) is 15.9. The van der Waals surface area contributed by atoms with Gasteiger partial charge in [0.25, 0.3) is 0 Å². The van der Waals surface area contributed by atoms with E-state index in [1.54, 1.807) is 5.56 Å². The van der Waals surface area contributed by atoms with Crippen LogP contribution in [0.15, 0.2) is 24.3 Å². The van der Waals surface area contributed by atoms with Crippen molar-refractivity contribution in [2.24, 2.45) is 0 Å². The van der Waals surface area contributed by atoms with Crippen LogP contribution in [0.25, 0.3) is 0 Å².